The summed E-state index contributed by atoms with van der Waals surface area (Å²) in [5, 5.41) is 0. The number of ether oxygens (including phenoxy) is 1. The number of carbonyl (C=O) groups excluding carboxylic acids is 1. The summed E-state index contributed by atoms with van der Waals surface area (Å²) in [6, 6.07) is 5.62. The van der Waals surface area contributed by atoms with Crippen LogP contribution in [0, 0.1) is 0 Å². The van der Waals surface area contributed by atoms with E-state index in [0.29, 0.717) is 0 Å². The largest absolute Gasteiger partial charge is 0.358 e. The van der Waals surface area contributed by atoms with Crippen LogP contribution in [0.5, 0.6) is 0 Å². The molecule has 0 saturated carbocycles. The number of carbonyl (C=O) groups is 1. The van der Waals surface area contributed by atoms with Gasteiger partial charge in [-0.3, -0.25) is 4.79 Å². The maximum atomic E-state index is 11.4. The quantitative estimate of drug-likeness (QED) is 0.763. The van der Waals surface area contributed by atoms with E-state index in [1.807, 2.05) is 29.1 Å². The van der Waals surface area contributed by atoms with Crippen LogP contribution in [0.4, 0.5) is 0 Å². The van der Waals surface area contributed by atoms with Crippen molar-refractivity contribution in [3.63, 3.8) is 0 Å². The highest BCUT2D eigenvalue weighted by Crippen LogP contribution is 2.26. The molecule has 1 atom stereocenters. The molecule has 0 radical (unpaired) electrons. The Morgan fingerprint density at radius 3 is 3.06 bits per heavy atom. The van der Waals surface area contributed by atoms with Gasteiger partial charge in [-0.1, -0.05) is 0 Å². The van der Waals surface area contributed by atoms with Gasteiger partial charge in [0, 0.05) is 12.2 Å². The molecule has 3 rings (SSSR count). The van der Waals surface area contributed by atoms with Gasteiger partial charge in [0.2, 0.25) is 0 Å². The molecule has 4 heteroatoms. The number of hydrogen-bond acceptors (Lipinski definition) is 3. The zero-order valence-electron chi connectivity index (χ0n) is 10.4. The number of rotatable bonds is 2. The molecule has 1 aromatic heterocycles. The van der Waals surface area contributed by atoms with Gasteiger partial charge in [-0.05, 0) is 44.4 Å². The smallest absolute Gasteiger partial charge is 0.159 e. The molecule has 2 aromatic rings. The van der Waals surface area contributed by atoms with Crippen LogP contribution in [0.2, 0.25) is 0 Å². The zero-order chi connectivity index (χ0) is 12.5. The van der Waals surface area contributed by atoms with Gasteiger partial charge in [0.1, 0.15) is 6.23 Å². The maximum absolute atomic E-state index is 11.4. The van der Waals surface area contributed by atoms with Crippen molar-refractivity contribution in [2.45, 2.75) is 32.4 Å². The number of fused-ring (bicyclic) bond motifs is 1. The van der Waals surface area contributed by atoms with Gasteiger partial charge in [0.05, 0.1) is 17.4 Å². The summed E-state index contributed by atoms with van der Waals surface area (Å²) in [6.45, 7) is 2.38. The lowest BCUT2D eigenvalue weighted by Crippen LogP contribution is -2.17. The molecular weight excluding hydrogens is 228 g/mol. The Bertz CT molecular complexity index is 582. The van der Waals surface area contributed by atoms with Crippen molar-refractivity contribution in [2.24, 2.45) is 0 Å². The standard InChI is InChI=1S/C14H16N2O2/c1-10(17)11-5-6-12-13(8-11)16(9-15-12)14-4-2-3-7-18-14/h5-6,8-9,14H,2-4,7H2,1H3. The normalized spacial score (nSPS) is 20.2. The van der Waals surface area contributed by atoms with E-state index in [0.717, 1.165) is 36.0 Å². The summed E-state index contributed by atoms with van der Waals surface area (Å²) >= 11 is 0. The minimum absolute atomic E-state index is 0.0611. The summed E-state index contributed by atoms with van der Waals surface area (Å²) in [6.07, 6.45) is 5.18. The Labute approximate surface area is 106 Å². The molecular formula is C14H16N2O2. The molecule has 0 N–H and O–H groups in total. The lowest BCUT2D eigenvalue weighted by Gasteiger charge is -2.24. The van der Waals surface area contributed by atoms with Crippen LogP contribution >= 0.6 is 0 Å². The van der Waals surface area contributed by atoms with Gasteiger partial charge in [-0.25, -0.2) is 4.98 Å². The Morgan fingerprint density at radius 1 is 1.44 bits per heavy atom. The number of benzene rings is 1. The summed E-state index contributed by atoms with van der Waals surface area (Å²) in [4.78, 5) is 15.8. The molecule has 0 bridgehead atoms. The van der Waals surface area contributed by atoms with E-state index in [2.05, 4.69) is 4.98 Å². The second-order valence-corrected chi connectivity index (χ2v) is 4.73. The predicted molar refractivity (Wildman–Crippen MR) is 68.6 cm³/mol. The third kappa shape index (κ3) is 1.93. The van der Waals surface area contributed by atoms with Crippen molar-refractivity contribution in [1.82, 2.24) is 9.55 Å². The Balaban J connectivity index is 2.05. The van der Waals surface area contributed by atoms with Crippen molar-refractivity contribution in [3.05, 3.63) is 30.1 Å². The molecule has 1 unspecified atom stereocenters. The minimum atomic E-state index is 0.0611. The summed E-state index contributed by atoms with van der Waals surface area (Å²) in [5.41, 5.74) is 2.61. The van der Waals surface area contributed by atoms with Crippen LogP contribution in [0.1, 0.15) is 42.8 Å². The molecule has 4 nitrogen and oxygen atoms in total. The molecule has 1 aliphatic heterocycles. The van der Waals surface area contributed by atoms with E-state index in [9.17, 15) is 4.79 Å². The highest BCUT2D eigenvalue weighted by atomic mass is 16.5. The first-order valence-corrected chi connectivity index (χ1v) is 6.35. The van der Waals surface area contributed by atoms with Gasteiger partial charge in [0.25, 0.3) is 0 Å². The number of hydrogen-bond donors (Lipinski definition) is 0. The second-order valence-electron chi connectivity index (χ2n) is 4.73. The predicted octanol–water partition coefficient (Wildman–Crippen LogP) is 2.94. The highest BCUT2D eigenvalue weighted by molar-refractivity contribution is 5.97. The SMILES string of the molecule is CC(=O)c1ccc2ncn(C3CCCCO3)c2c1. The van der Waals surface area contributed by atoms with E-state index in [1.165, 1.54) is 6.42 Å². The first-order chi connectivity index (χ1) is 8.75. The van der Waals surface area contributed by atoms with Crippen molar-refractivity contribution >= 4 is 16.8 Å². The first kappa shape index (κ1) is 11.4. The topological polar surface area (TPSA) is 44.1 Å². The minimum Gasteiger partial charge on any atom is -0.358 e. The molecule has 1 aliphatic rings. The lowest BCUT2D eigenvalue weighted by molar-refractivity contribution is -0.0295. The van der Waals surface area contributed by atoms with Crippen LogP contribution in [-0.2, 0) is 4.74 Å². The monoisotopic (exact) mass is 244 g/mol. The third-order valence-electron chi connectivity index (χ3n) is 3.45. The van der Waals surface area contributed by atoms with Gasteiger partial charge in [-0.15, -0.1) is 0 Å². The van der Waals surface area contributed by atoms with E-state index >= 15 is 0 Å². The molecule has 0 aliphatic carbocycles. The molecule has 1 aromatic carbocycles. The molecule has 0 amide bonds. The summed E-state index contributed by atoms with van der Waals surface area (Å²) < 4.78 is 7.81. The number of nitrogens with zero attached hydrogens (tertiary/aromatic N) is 2. The Kier molecular flexibility index (Phi) is 2.88. The molecule has 18 heavy (non-hydrogen) atoms. The van der Waals surface area contributed by atoms with Crippen LogP contribution in [0.25, 0.3) is 11.0 Å². The fourth-order valence-electron chi connectivity index (χ4n) is 2.42. The fourth-order valence-corrected chi connectivity index (χ4v) is 2.42. The third-order valence-corrected chi connectivity index (χ3v) is 3.45. The molecule has 1 fully saturated rings. The highest BCUT2D eigenvalue weighted by Gasteiger charge is 2.18. The van der Waals surface area contributed by atoms with Gasteiger partial charge in [0.15, 0.2) is 5.78 Å². The average molecular weight is 244 g/mol. The van der Waals surface area contributed by atoms with Gasteiger partial charge >= 0.3 is 0 Å². The van der Waals surface area contributed by atoms with Crippen LogP contribution in [-0.4, -0.2) is 21.9 Å². The van der Waals surface area contributed by atoms with Crippen molar-refractivity contribution < 1.29 is 9.53 Å². The average Bonchev–Trinajstić information content (AvgIpc) is 2.82. The lowest BCUT2D eigenvalue weighted by atomic mass is 10.1. The van der Waals surface area contributed by atoms with Crippen LogP contribution in [0.3, 0.4) is 0 Å². The fraction of sp³-hybridized carbons (Fsp3) is 0.429. The maximum Gasteiger partial charge on any atom is 0.159 e. The Morgan fingerprint density at radius 2 is 2.33 bits per heavy atom. The molecule has 1 saturated heterocycles. The number of imidazole rings is 1. The van der Waals surface area contributed by atoms with Crippen LogP contribution < -0.4 is 0 Å². The summed E-state index contributed by atoms with van der Waals surface area (Å²) in [7, 11) is 0. The molecule has 94 valence electrons. The number of aromatic nitrogens is 2. The zero-order valence-corrected chi connectivity index (χ0v) is 10.4. The van der Waals surface area contributed by atoms with Crippen molar-refractivity contribution in [3.8, 4) is 0 Å². The van der Waals surface area contributed by atoms with Crippen LogP contribution in [0.15, 0.2) is 24.5 Å². The van der Waals surface area contributed by atoms with Crippen molar-refractivity contribution in [1.29, 1.82) is 0 Å². The van der Waals surface area contributed by atoms with Crippen molar-refractivity contribution in [2.75, 3.05) is 6.61 Å². The summed E-state index contributed by atoms with van der Waals surface area (Å²) in [5.74, 6) is 0.0780. The second kappa shape index (κ2) is 4.53. The van der Waals surface area contributed by atoms with E-state index < -0.39 is 0 Å². The van der Waals surface area contributed by atoms with Gasteiger partial charge in [-0.2, -0.15) is 0 Å². The van der Waals surface area contributed by atoms with Gasteiger partial charge < -0.3 is 9.30 Å². The number of Topliss-reactive ketones (excluding diaryl/α,β-unsaturated/α-hetero) is 1. The molecule has 2 heterocycles. The Hall–Kier alpha value is -1.68. The van der Waals surface area contributed by atoms with E-state index in [1.54, 1.807) is 6.92 Å². The van der Waals surface area contributed by atoms with E-state index in [4.69, 9.17) is 4.74 Å². The molecule has 0 spiro atoms. The number of ketones is 1. The first-order valence-electron chi connectivity index (χ1n) is 6.35. The van der Waals surface area contributed by atoms with E-state index in [-0.39, 0.29) is 12.0 Å².